The van der Waals surface area contributed by atoms with Gasteiger partial charge in [0.1, 0.15) is 5.69 Å². The Bertz CT molecular complexity index is 583. The van der Waals surface area contributed by atoms with Gasteiger partial charge in [0.15, 0.2) is 0 Å². The van der Waals surface area contributed by atoms with Gasteiger partial charge < -0.3 is 10.1 Å². The molecule has 1 saturated heterocycles. The molecule has 1 N–H and O–H groups in total. The average molecular weight is 317 g/mol. The number of ether oxygens (including phenoxy) is 1. The van der Waals surface area contributed by atoms with Crippen LogP contribution in [0.3, 0.4) is 0 Å². The number of carbonyl (C=O) groups is 1. The molecule has 6 heteroatoms. The zero-order valence-electron chi connectivity index (χ0n) is 12.3. The molecule has 0 radical (unpaired) electrons. The Balaban J connectivity index is 1.66. The molecule has 1 aliphatic rings. The first-order valence-electron chi connectivity index (χ1n) is 7.39. The van der Waals surface area contributed by atoms with Crippen molar-refractivity contribution in [3.8, 4) is 0 Å². The summed E-state index contributed by atoms with van der Waals surface area (Å²) in [6.45, 7) is 3.85. The molecule has 2 aromatic heterocycles. The third-order valence-corrected chi connectivity index (χ3v) is 4.69. The van der Waals surface area contributed by atoms with Gasteiger partial charge in [-0.15, -0.1) is 11.3 Å². The first kappa shape index (κ1) is 15.1. The fourth-order valence-corrected chi connectivity index (χ4v) is 3.42. The molecule has 3 rings (SSSR count). The Kier molecular flexibility index (Phi) is 5.15. The van der Waals surface area contributed by atoms with Gasteiger partial charge in [0.05, 0.1) is 19.3 Å². The number of rotatable bonds is 5. The van der Waals surface area contributed by atoms with E-state index in [9.17, 15) is 4.79 Å². The lowest BCUT2D eigenvalue weighted by molar-refractivity contribution is 0.0169. The van der Waals surface area contributed by atoms with E-state index in [1.807, 2.05) is 12.1 Å². The maximum absolute atomic E-state index is 12.2. The number of amides is 1. The molecular weight excluding hydrogens is 298 g/mol. The van der Waals surface area contributed by atoms with Crippen molar-refractivity contribution in [1.29, 1.82) is 0 Å². The minimum absolute atomic E-state index is 0.129. The monoisotopic (exact) mass is 317 g/mol. The quantitative estimate of drug-likeness (QED) is 0.916. The summed E-state index contributed by atoms with van der Waals surface area (Å²) in [5.74, 6) is -0.129. The van der Waals surface area contributed by atoms with Crippen molar-refractivity contribution in [3.05, 3.63) is 52.5 Å². The van der Waals surface area contributed by atoms with Crippen LogP contribution in [-0.2, 0) is 4.74 Å². The molecule has 1 unspecified atom stereocenters. The lowest BCUT2D eigenvalue weighted by atomic mass is 10.2. The van der Waals surface area contributed by atoms with Crippen molar-refractivity contribution in [3.63, 3.8) is 0 Å². The number of thiophene rings is 1. The standard InChI is InChI=1S/C16H19N3O2S/c20-16(13-4-1-2-6-17-13)18-12-14(15-5-3-11-22-15)19-7-9-21-10-8-19/h1-6,11,14H,7-10,12H2,(H,18,20). The van der Waals surface area contributed by atoms with Crippen LogP contribution in [0.15, 0.2) is 41.9 Å². The van der Waals surface area contributed by atoms with E-state index in [1.165, 1.54) is 4.88 Å². The Labute approximate surface area is 133 Å². The zero-order chi connectivity index (χ0) is 15.2. The van der Waals surface area contributed by atoms with Crippen LogP contribution in [0.4, 0.5) is 0 Å². The van der Waals surface area contributed by atoms with Gasteiger partial charge in [0, 0.05) is 30.7 Å². The highest BCUT2D eigenvalue weighted by molar-refractivity contribution is 7.10. The van der Waals surface area contributed by atoms with Crippen LogP contribution in [-0.4, -0.2) is 48.6 Å². The predicted octanol–water partition coefficient (Wildman–Crippen LogP) is 1.95. The van der Waals surface area contributed by atoms with Crippen molar-refractivity contribution in [2.45, 2.75) is 6.04 Å². The highest BCUT2D eigenvalue weighted by atomic mass is 32.1. The lowest BCUT2D eigenvalue weighted by Gasteiger charge is -2.34. The van der Waals surface area contributed by atoms with E-state index in [0.717, 1.165) is 26.3 Å². The van der Waals surface area contributed by atoms with Crippen LogP contribution < -0.4 is 5.32 Å². The van der Waals surface area contributed by atoms with E-state index in [4.69, 9.17) is 4.74 Å². The van der Waals surface area contributed by atoms with Gasteiger partial charge in [0.25, 0.3) is 5.91 Å². The van der Waals surface area contributed by atoms with E-state index in [2.05, 4.69) is 26.6 Å². The van der Waals surface area contributed by atoms with E-state index < -0.39 is 0 Å². The summed E-state index contributed by atoms with van der Waals surface area (Å²) in [5, 5.41) is 5.08. The van der Waals surface area contributed by atoms with Crippen molar-refractivity contribution in [2.75, 3.05) is 32.8 Å². The second-order valence-electron chi connectivity index (χ2n) is 5.10. The largest absolute Gasteiger partial charge is 0.379 e. The van der Waals surface area contributed by atoms with Crippen molar-refractivity contribution in [2.24, 2.45) is 0 Å². The highest BCUT2D eigenvalue weighted by Crippen LogP contribution is 2.25. The van der Waals surface area contributed by atoms with Crippen LogP contribution in [0.25, 0.3) is 0 Å². The topological polar surface area (TPSA) is 54.5 Å². The maximum Gasteiger partial charge on any atom is 0.269 e. The van der Waals surface area contributed by atoms with E-state index in [0.29, 0.717) is 12.2 Å². The Morgan fingerprint density at radius 2 is 2.18 bits per heavy atom. The first-order chi connectivity index (χ1) is 10.8. The zero-order valence-corrected chi connectivity index (χ0v) is 13.1. The number of hydrogen-bond acceptors (Lipinski definition) is 5. The molecule has 0 aliphatic carbocycles. The molecule has 3 heterocycles. The van der Waals surface area contributed by atoms with E-state index in [-0.39, 0.29) is 11.9 Å². The van der Waals surface area contributed by atoms with Gasteiger partial charge in [-0.1, -0.05) is 12.1 Å². The van der Waals surface area contributed by atoms with E-state index in [1.54, 1.807) is 29.7 Å². The summed E-state index contributed by atoms with van der Waals surface area (Å²) in [6, 6.07) is 9.71. The minimum atomic E-state index is -0.129. The third kappa shape index (κ3) is 3.71. The summed E-state index contributed by atoms with van der Waals surface area (Å²) in [6.07, 6.45) is 1.63. The Morgan fingerprint density at radius 1 is 1.32 bits per heavy atom. The Hall–Kier alpha value is -1.76. The average Bonchev–Trinajstić information content (AvgIpc) is 3.11. The lowest BCUT2D eigenvalue weighted by Crippen LogP contribution is -2.43. The first-order valence-corrected chi connectivity index (χ1v) is 8.27. The molecule has 2 aromatic rings. The van der Waals surface area contributed by atoms with Crippen LogP contribution in [0.1, 0.15) is 21.4 Å². The molecule has 22 heavy (non-hydrogen) atoms. The molecule has 0 saturated carbocycles. The van der Waals surface area contributed by atoms with Crippen molar-refractivity contribution < 1.29 is 9.53 Å². The van der Waals surface area contributed by atoms with Gasteiger partial charge in [-0.25, -0.2) is 0 Å². The number of nitrogens with one attached hydrogen (secondary N) is 1. The SMILES string of the molecule is O=C(NCC(c1cccs1)N1CCOCC1)c1ccccn1. The molecule has 1 aliphatic heterocycles. The summed E-state index contributed by atoms with van der Waals surface area (Å²) in [5.41, 5.74) is 0.453. The summed E-state index contributed by atoms with van der Waals surface area (Å²) < 4.78 is 5.43. The molecule has 1 fully saturated rings. The normalized spacial score (nSPS) is 17.1. The van der Waals surface area contributed by atoms with Gasteiger partial charge in [0.2, 0.25) is 0 Å². The summed E-state index contributed by atoms with van der Waals surface area (Å²) >= 11 is 1.72. The fourth-order valence-electron chi connectivity index (χ4n) is 2.56. The molecule has 1 amide bonds. The van der Waals surface area contributed by atoms with Crippen LogP contribution >= 0.6 is 11.3 Å². The molecule has 5 nitrogen and oxygen atoms in total. The second-order valence-corrected chi connectivity index (χ2v) is 6.08. The fraction of sp³-hybridized carbons (Fsp3) is 0.375. The summed E-state index contributed by atoms with van der Waals surface area (Å²) in [4.78, 5) is 19.9. The number of carbonyl (C=O) groups excluding carboxylic acids is 1. The maximum atomic E-state index is 12.2. The predicted molar refractivity (Wildman–Crippen MR) is 86.0 cm³/mol. The Morgan fingerprint density at radius 3 is 2.86 bits per heavy atom. The molecule has 116 valence electrons. The van der Waals surface area contributed by atoms with Gasteiger partial charge >= 0.3 is 0 Å². The number of hydrogen-bond donors (Lipinski definition) is 1. The van der Waals surface area contributed by atoms with Gasteiger partial charge in [-0.3, -0.25) is 14.7 Å². The van der Waals surface area contributed by atoms with Gasteiger partial charge in [-0.05, 0) is 23.6 Å². The molecule has 0 bridgehead atoms. The van der Waals surface area contributed by atoms with Crippen molar-refractivity contribution >= 4 is 17.2 Å². The van der Waals surface area contributed by atoms with E-state index >= 15 is 0 Å². The van der Waals surface area contributed by atoms with Crippen LogP contribution in [0.2, 0.25) is 0 Å². The number of nitrogens with zero attached hydrogens (tertiary/aromatic N) is 2. The molecule has 0 aromatic carbocycles. The summed E-state index contributed by atoms with van der Waals surface area (Å²) in [7, 11) is 0. The minimum Gasteiger partial charge on any atom is -0.379 e. The van der Waals surface area contributed by atoms with Crippen LogP contribution in [0, 0.1) is 0 Å². The van der Waals surface area contributed by atoms with Crippen LogP contribution in [0.5, 0.6) is 0 Å². The second kappa shape index (κ2) is 7.49. The number of morpholine rings is 1. The number of aromatic nitrogens is 1. The van der Waals surface area contributed by atoms with Gasteiger partial charge in [-0.2, -0.15) is 0 Å². The van der Waals surface area contributed by atoms with Crippen molar-refractivity contribution in [1.82, 2.24) is 15.2 Å². The molecule has 1 atom stereocenters. The highest BCUT2D eigenvalue weighted by Gasteiger charge is 2.24. The molecule has 0 spiro atoms. The molecular formula is C16H19N3O2S. The number of pyridine rings is 1. The smallest absolute Gasteiger partial charge is 0.269 e. The third-order valence-electron chi connectivity index (χ3n) is 3.71.